The van der Waals surface area contributed by atoms with Crippen LogP contribution in [0.4, 0.5) is 0 Å². The highest BCUT2D eigenvalue weighted by Crippen LogP contribution is 2.26. The first-order chi connectivity index (χ1) is 12.7. The number of fused-ring (bicyclic) bond motifs is 1. The molecule has 0 radical (unpaired) electrons. The van der Waals surface area contributed by atoms with Gasteiger partial charge in [0.2, 0.25) is 0 Å². The van der Waals surface area contributed by atoms with Crippen molar-refractivity contribution in [1.29, 1.82) is 0 Å². The number of thioether (sulfide) groups is 1. The van der Waals surface area contributed by atoms with E-state index in [9.17, 15) is 4.79 Å². The number of ketones is 1. The number of piperidine rings is 1. The molecule has 0 spiro atoms. The number of Topliss-reactive ketones (excluding diaryl/α,β-unsaturated/α-hetero) is 1. The summed E-state index contributed by atoms with van der Waals surface area (Å²) in [5, 5.41) is 1.14. The van der Waals surface area contributed by atoms with E-state index in [1.165, 1.54) is 9.60 Å². The van der Waals surface area contributed by atoms with Crippen molar-refractivity contribution in [3.8, 4) is 0 Å². The molecule has 0 bridgehead atoms. The SMILES string of the molecule is CSc1ccc(C(=O)[C@H]2CCCN(Cc3nc4ccccc4s3)C2)cc1. The standard InChI is InChI=1S/C21H22N2OS2/c1-25-17-10-8-15(9-11-17)21(24)16-5-4-12-23(13-16)14-20-22-18-6-2-3-7-19(18)26-20/h2-3,6-11,16H,4-5,12-14H2,1H3/t16-/m0/s1. The average Bonchev–Trinajstić information content (AvgIpc) is 3.10. The highest BCUT2D eigenvalue weighted by molar-refractivity contribution is 7.98. The third-order valence-corrected chi connectivity index (χ3v) is 6.71. The van der Waals surface area contributed by atoms with Crippen LogP contribution in [0.25, 0.3) is 10.2 Å². The normalized spacial score (nSPS) is 18.3. The molecular formula is C21H22N2OS2. The first-order valence-corrected chi connectivity index (χ1v) is 11.0. The molecule has 1 aliphatic rings. The Morgan fingerprint density at radius 2 is 2.04 bits per heavy atom. The first-order valence-electron chi connectivity index (χ1n) is 8.98. The molecule has 26 heavy (non-hydrogen) atoms. The Morgan fingerprint density at radius 1 is 1.23 bits per heavy atom. The molecule has 1 aliphatic heterocycles. The summed E-state index contributed by atoms with van der Waals surface area (Å²) < 4.78 is 1.24. The number of aromatic nitrogens is 1. The lowest BCUT2D eigenvalue weighted by molar-refractivity contribution is 0.0811. The van der Waals surface area contributed by atoms with E-state index in [-0.39, 0.29) is 11.7 Å². The third-order valence-electron chi connectivity index (χ3n) is 4.95. The summed E-state index contributed by atoms with van der Waals surface area (Å²) in [5.74, 6) is 0.380. The number of carbonyl (C=O) groups is 1. The van der Waals surface area contributed by atoms with Gasteiger partial charge in [0.25, 0.3) is 0 Å². The topological polar surface area (TPSA) is 33.2 Å². The van der Waals surface area contributed by atoms with Crippen molar-refractivity contribution >= 4 is 39.1 Å². The van der Waals surface area contributed by atoms with Crippen LogP contribution in [-0.4, -0.2) is 35.0 Å². The smallest absolute Gasteiger partial charge is 0.167 e. The lowest BCUT2D eigenvalue weighted by Gasteiger charge is -2.31. The van der Waals surface area contributed by atoms with Crippen molar-refractivity contribution in [2.24, 2.45) is 5.92 Å². The highest BCUT2D eigenvalue weighted by Gasteiger charge is 2.27. The van der Waals surface area contributed by atoms with Crippen LogP contribution in [0.15, 0.2) is 53.4 Å². The van der Waals surface area contributed by atoms with E-state index < -0.39 is 0 Å². The number of para-hydroxylation sites is 1. The number of benzene rings is 2. The van der Waals surface area contributed by atoms with Crippen LogP contribution in [0.3, 0.4) is 0 Å². The minimum absolute atomic E-state index is 0.0956. The van der Waals surface area contributed by atoms with E-state index in [2.05, 4.69) is 29.4 Å². The van der Waals surface area contributed by atoms with Gasteiger partial charge in [-0.15, -0.1) is 23.1 Å². The number of carbonyl (C=O) groups excluding carboxylic acids is 1. The van der Waals surface area contributed by atoms with E-state index >= 15 is 0 Å². The quantitative estimate of drug-likeness (QED) is 0.453. The van der Waals surface area contributed by atoms with Gasteiger partial charge < -0.3 is 0 Å². The van der Waals surface area contributed by atoms with Crippen molar-refractivity contribution in [2.45, 2.75) is 24.3 Å². The molecule has 0 saturated carbocycles. The molecule has 3 nitrogen and oxygen atoms in total. The number of rotatable bonds is 5. The van der Waals surface area contributed by atoms with Crippen LogP contribution in [0.1, 0.15) is 28.2 Å². The molecule has 2 heterocycles. The second-order valence-electron chi connectivity index (χ2n) is 6.74. The van der Waals surface area contributed by atoms with Gasteiger partial charge in [-0.25, -0.2) is 4.98 Å². The zero-order chi connectivity index (χ0) is 17.9. The summed E-state index contributed by atoms with van der Waals surface area (Å²) in [6, 6.07) is 16.3. The molecule has 4 rings (SSSR count). The van der Waals surface area contributed by atoms with Crippen LogP contribution < -0.4 is 0 Å². The van der Waals surface area contributed by atoms with Crippen LogP contribution in [0, 0.1) is 5.92 Å². The van der Waals surface area contributed by atoms with Gasteiger partial charge in [-0.1, -0.05) is 24.3 Å². The van der Waals surface area contributed by atoms with E-state index in [4.69, 9.17) is 4.98 Å². The maximum absolute atomic E-state index is 12.9. The van der Waals surface area contributed by atoms with E-state index in [1.807, 2.05) is 30.3 Å². The summed E-state index contributed by atoms with van der Waals surface area (Å²) in [6.07, 6.45) is 4.11. The van der Waals surface area contributed by atoms with Gasteiger partial charge in [0.05, 0.1) is 16.8 Å². The van der Waals surface area contributed by atoms with Crippen molar-refractivity contribution in [1.82, 2.24) is 9.88 Å². The zero-order valence-corrected chi connectivity index (χ0v) is 16.5. The largest absolute Gasteiger partial charge is 0.296 e. The molecule has 1 aromatic heterocycles. The average molecular weight is 383 g/mol. The van der Waals surface area contributed by atoms with Crippen LogP contribution >= 0.6 is 23.1 Å². The fourth-order valence-corrected chi connectivity index (χ4v) is 5.00. The molecule has 0 unspecified atom stereocenters. The predicted octanol–water partition coefficient (Wildman–Crippen LogP) is 5.11. The second kappa shape index (κ2) is 7.91. The van der Waals surface area contributed by atoms with Crippen LogP contribution in [-0.2, 0) is 6.54 Å². The van der Waals surface area contributed by atoms with Crippen molar-refractivity contribution < 1.29 is 4.79 Å². The first kappa shape index (κ1) is 17.7. The summed E-state index contributed by atoms with van der Waals surface area (Å²) >= 11 is 3.46. The van der Waals surface area contributed by atoms with Gasteiger partial charge in [-0.2, -0.15) is 0 Å². The van der Waals surface area contributed by atoms with Gasteiger partial charge in [0.15, 0.2) is 5.78 Å². The van der Waals surface area contributed by atoms with Gasteiger partial charge in [-0.3, -0.25) is 9.69 Å². The van der Waals surface area contributed by atoms with Gasteiger partial charge in [-0.05, 0) is 49.9 Å². The lowest BCUT2D eigenvalue weighted by Crippen LogP contribution is -2.38. The number of thiazole rings is 1. The maximum Gasteiger partial charge on any atom is 0.167 e. The molecule has 1 atom stereocenters. The molecule has 0 N–H and O–H groups in total. The molecule has 0 amide bonds. The molecule has 1 saturated heterocycles. The summed E-state index contributed by atoms with van der Waals surface area (Å²) in [4.78, 5) is 21.2. The lowest BCUT2D eigenvalue weighted by atomic mass is 9.90. The number of hydrogen-bond acceptors (Lipinski definition) is 5. The van der Waals surface area contributed by atoms with E-state index in [1.54, 1.807) is 23.1 Å². The molecule has 1 fully saturated rings. The molecule has 134 valence electrons. The van der Waals surface area contributed by atoms with Crippen LogP contribution in [0.2, 0.25) is 0 Å². The molecule has 2 aromatic carbocycles. The fraction of sp³-hybridized carbons (Fsp3) is 0.333. The van der Waals surface area contributed by atoms with Gasteiger partial charge in [0.1, 0.15) is 5.01 Å². The minimum atomic E-state index is 0.0956. The molecular weight excluding hydrogens is 360 g/mol. The van der Waals surface area contributed by atoms with Crippen molar-refractivity contribution in [2.75, 3.05) is 19.3 Å². The van der Waals surface area contributed by atoms with Crippen LogP contribution in [0.5, 0.6) is 0 Å². The molecule has 0 aliphatic carbocycles. The number of nitrogens with zero attached hydrogens (tertiary/aromatic N) is 2. The second-order valence-corrected chi connectivity index (χ2v) is 8.74. The van der Waals surface area contributed by atoms with Gasteiger partial charge >= 0.3 is 0 Å². The number of hydrogen-bond donors (Lipinski definition) is 0. The molecule has 3 aromatic rings. The van der Waals surface area contributed by atoms with E-state index in [0.717, 1.165) is 48.6 Å². The molecule has 5 heteroatoms. The third kappa shape index (κ3) is 3.85. The minimum Gasteiger partial charge on any atom is -0.296 e. The Bertz CT molecular complexity index is 871. The Hall–Kier alpha value is -1.69. The zero-order valence-electron chi connectivity index (χ0n) is 14.9. The monoisotopic (exact) mass is 382 g/mol. The Labute approximate surface area is 162 Å². The fourth-order valence-electron chi connectivity index (χ4n) is 3.58. The Balaban J connectivity index is 1.43. The summed E-state index contributed by atoms with van der Waals surface area (Å²) in [7, 11) is 0. The summed E-state index contributed by atoms with van der Waals surface area (Å²) in [6.45, 7) is 2.72. The Morgan fingerprint density at radius 3 is 2.81 bits per heavy atom. The Kier molecular flexibility index (Phi) is 5.38. The van der Waals surface area contributed by atoms with E-state index in [0.29, 0.717) is 0 Å². The van der Waals surface area contributed by atoms with Crippen molar-refractivity contribution in [3.63, 3.8) is 0 Å². The van der Waals surface area contributed by atoms with Crippen molar-refractivity contribution in [3.05, 3.63) is 59.1 Å². The summed E-state index contributed by atoms with van der Waals surface area (Å²) in [5.41, 5.74) is 1.92. The van der Waals surface area contributed by atoms with Gasteiger partial charge in [0, 0.05) is 22.9 Å². The maximum atomic E-state index is 12.9. The highest BCUT2D eigenvalue weighted by atomic mass is 32.2. The predicted molar refractivity (Wildman–Crippen MR) is 110 cm³/mol. The number of likely N-dealkylation sites (tertiary alicyclic amines) is 1.